The Balaban J connectivity index is 1.88. The molecule has 112 valence electrons. The predicted molar refractivity (Wildman–Crippen MR) is 87.1 cm³/mol. The van der Waals surface area contributed by atoms with Crippen LogP contribution >= 0.6 is 27.3 Å². The summed E-state index contributed by atoms with van der Waals surface area (Å²) in [6, 6.07) is 5.47. The zero-order valence-electron chi connectivity index (χ0n) is 11.9. The maximum absolute atomic E-state index is 6.48. The Bertz CT molecular complexity index is 453. The van der Waals surface area contributed by atoms with Crippen LogP contribution in [0.2, 0.25) is 0 Å². The van der Waals surface area contributed by atoms with E-state index in [1.807, 2.05) is 11.3 Å². The van der Waals surface area contributed by atoms with E-state index in [4.69, 9.17) is 10.5 Å². The normalized spacial score (nSPS) is 30.1. The number of nitrogens with zero attached hydrogens (tertiary/aromatic N) is 1. The van der Waals surface area contributed by atoms with Crippen LogP contribution in [-0.4, -0.2) is 36.2 Å². The molecule has 0 bridgehead atoms. The summed E-state index contributed by atoms with van der Waals surface area (Å²) in [6.45, 7) is 4.04. The lowest BCUT2D eigenvalue weighted by atomic mass is 9.98. The summed E-state index contributed by atoms with van der Waals surface area (Å²) in [5, 5.41) is 0. The lowest BCUT2D eigenvalue weighted by Gasteiger charge is -2.44. The largest absolute Gasteiger partial charge is 0.375 e. The van der Waals surface area contributed by atoms with Crippen molar-refractivity contribution in [1.29, 1.82) is 0 Å². The zero-order chi connectivity index (χ0) is 14.1. The van der Waals surface area contributed by atoms with E-state index in [1.54, 1.807) is 0 Å². The number of thiophene rings is 1. The minimum absolute atomic E-state index is 0.194. The molecule has 1 aliphatic heterocycles. The minimum Gasteiger partial charge on any atom is -0.375 e. The van der Waals surface area contributed by atoms with Crippen LogP contribution in [0, 0.1) is 0 Å². The first-order chi connectivity index (χ1) is 9.70. The molecule has 2 aliphatic rings. The van der Waals surface area contributed by atoms with E-state index in [0.29, 0.717) is 18.2 Å². The van der Waals surface area contributed by atoms with Crippen molar-refractivity contribution in [3.8, 4) is 0 Å². The van der Waals surface area contributed by atoms with E-state index in [0.717, 1.165) is 19.6 Å². The Morgan fingerprint density at radius 1 is 1.50 bits per heavy atom. The van der Waals surface area contributed by atoms with Crippen LogP contribution in [0.3, 0.4) is 0 Å². The first kappa shape index (κ1) is 15.0. The second-order valence-electron chi connectivity index (χ2n) is 5.80. The van der Waals surface area contributed by atoms with Gasteiger partial charge < -0.3 is 10.5 Å². The molecule has 2 heterocycles. The van der Waals surface area contributed by atoms with Gasteiger partial charge in [-0.3, -0.25) is 4.90 Å². The maximum Gasteiger partial charge on any atom is 0.0731 e. The standard InChI is InChI=1S/C15H23BrN2OS/c1-2-10(17)15(13-6-7-14(16)20-13)18-8-9-19-12-5-3-4-11(12)18/h6-7,10-12,15H,2-5,8-9,17H2,1H3. The monoisotopic (exact) mass is 358 g/mol. The number of rotatable bonds is 4. The van der Waals surface area contributed by atoms with Gasteiger partial charge in [-0.15, -0.1) is 11.3 Å². The molecule has 0 spiro atoms. The van der Waals surface area contributed by atoms with Crippen molar-refractivity contribution < 1.29 is 4.74 Å². The van der Waals surface area contributed by atoms with Crippen LogP contribution in [-0.2, 0) is 4.74 Å². The molecule has 1 saturated heterocycles. The van der Waals surface area contributed by atoms with E-state index in [2.05, 4.69) is 39.9 Å². The Labute approximate surface area is 133 Å². The molecule has 0 radical (unpaired) electrons. The van der Waals surface area contributed by atoms with Crippen molar-refractivity contribution in [3.63, 3.8) is 0 Å². The van der Waals surface area contributed by atoms with Crippen molar-refractivity contribution in [1.82, 2.24) is 4.90 Å². The molecule has 1 aromatic heterocycles. The van der Waals surface area contributed by atoms with Gasteiger partial charge in [-0.2, -0.15) is 0 Å². The smallest absolute Gasteiger partial charge is 0.0731 e. The van der Waals surface area contributed by atoms with Gasteiger partial charge >= 0.3 is 0 Å². The average molecular weight is 359 g/mol. The van der Waals surface area contributed by atoms with Gasteiger partial charge in [-0.05, 0) is 53.7 Å². The predicted octanol–water partition coefficient (Wildman–Crippen LogP) is 3.54. The van der Waals surface area contributed by atoms with Crippen molar-refractivity contribution >= 4 is 27.3 Å². The van der Waals surface area contributed by atoms with Gasteiger partial charge in [0, 0.05) is 23.5 Å². The van der Waals surface area contributed by atoms with E-state index >= 15 is 0 Å². The fourth-order valence-electron chi connectivity index (χ4n) is 3.63. The highest BCUT2D eigenvalue weighted by Gasteiger charge is 2.41. The van der Waals surface area contributed by atoms with Crippen LogP contribution in [0.5, 0.6) is 0 Å². The number of hydrogen-bond acceptors (Lipinski definition) is 4. The van der Waals surface area contributed by atoms with Crippen LogP contribution in [0.15, 0.2) is 15.9 Å². The third kappa shape index (κ3) is 2.83. The van der Waals surface area contributed by atoms with Gasteiger partial charge in [0.15, 0.2) is 0 Å². The number of fused-ring (bicyclic) bond motifs is 1. The highest BCUT2D eigenvalue weighted by atomic mass is 79.9. The van der Waals surface area contributed by atoms with E-state index in [9.17, 15) is 0 Å². The molecule has 1 aliphatic carbocycles. The molecule has 2 fully saturated rings. The SMILES string of the molecule is CCC(N)C(c1ccc(Br)s1)N1CCOC2CCCC21. The van der Waals surface area contributed by atoms with Gasteiger partial charge in [-0.25, -0.2) is 0 Å². The van der Waals surface area contributed by atoms with Crippen LogP contribution < -0.4 is 5.73 Å². The van der Waals surface area contributed by atoms with Crippen LogP contribution in [0.1, 0.15) is 43.5 Å². The summed E-state index contributed by atoms with van der Waals surface area (Å²) in [5.41, 5.74) is 6.48. The molecule has 0 aromatic carbocycles. The molecule has 4 atom stereocenters. The summed E-state index contributed by atoms with van der Waals surface area (Å²) in [7, 11) is 0. The first-order valence-corrected chi connectivity index (χ1v) is 9.19. The fraction of sp³-hybridized carbons (Fsp3) is 0.733. The maximum atomic E-state index is 6.48. The summed E-state index contributed by atoms with van der Waals surface area (Å²) >= 11 is 5.41. The van der Waals surface area contributed by atoms with Gasteiger partial charge in [0.05, 0.1) is 22.5 Å². The molecule has 3 rings (SSSR count). The molecular weight excluding hydrogens is 336 g/mol. The summed E-state index contributed by atoms with van der Waals surface area (Å²) in [4.78, 5) is 4.02. The summed E-state index contributed by atoms with van der Waals surface area (Å²) in [6.07, 6.45) is 5.19. The van der Waals surface area contributed by atoms with Gasteiger partial charge in [0.1, 0.15) is 0 Å². The van der Waals surface area contributed by atoms with Crippen LogP contribution in [0.4, 0.5) is 0 Å². The average Bonchev–Trinajstić information content (AvgIpc) is 3.08. The van der Waals surface area contributed by atoms with Crippen molar-refractivity contribution in [2.45, 2.75) is 56.8 Å². The lowest BCUT2D eigenvalue weighted by molar-refractivity contribution is -0.0757. The number of nitrogens with two attached hydrogens (primary N) is 1. The fourth-order valence-corrected chi connectivity index (χ4v) is 5.25. The first-order valence-electron chi connectivity index (χ1n) is 7.59. The molecule has 2 N–H and O–H groups in total. The van der Waals surface area contributed by atoms with E-state index < -0.39 is 0 Å². The highest BCUT2D eigenvalue weighted by Crippen LogP contribution is 2.39. The van der Waals surface area contributed by atoms with Crippen molar-refractivity contribution in [2.75, 3.05) is 13.2 Å². The van der Waals surface area contributed by atoms with Gasteiger partial charge in [-0.1, -0.05) is 6.92 Å². The third-order valence-corrected chi connectivity index (χ3v) is 6.34. The van der Waals surface area contributed by atoms with Crippen molar-refractivity contribution in [2.24, 2.45) is 5.73 Å². The number of halogens is 1. The number of hydrogen-bond donors (Lipinski definition) is 1. The molecule has 20 heavy (non-hydrogen) atoms. The van der Waals surface area contributed by atoms with Gasteiger partial charge in [0.2, 0.25) is 0 Å². The molecule has 4 unspecified atom stereocenters. The molecule has 1 saturated carbocycles. The topological polar surface area (TPSA) is 38.5 Å². The second kappa shape index (κ2) is 6.44. The second-order valence-corrected chi connectivity index (χ2v) is 8.30. The minimum atomic E-state index is 0.194. The lowest BCUT2D eigenvalue weighted by Crippen LogP contribution is -2.53. The zero-order valence-corrected chi connectivity index (χ0v) is 14.3. The Kier molecular flexibility index (Phi) is 4.82. The molecule has 1 aromatic rings. The Morgan fingerprint density at radius 2 is 2.35 bits per heavy atom. The molecule has 0 amide bonds. The Morgan fingerprint density at radius 3 is 3.05 bits per heavy atom. The third-order valence-electron chi connectivity index (χ3n) is 4.64. The number of morpholine rings is 1. The quantitative estimate of drug-likeness (QED) is 0.894. The highest BCUT2D eigenvalue weighted by molar-refractivity contribution is 9.11. The molecule has 3 nitrogen and oxygen atoms in total. The van der Waals surface area contributed by atoms with Crippen molar-refractivity contribution in [3.05, 3.63) is 20.8 Å². The van der Waals surface area contributed by atoms with E-state index in [-0.39, 0.29) is 6.04 Å². The molecule has 5 heteroatoms. The summed E-state index contributed by atoms with van der Waals surface area (Å²) in [5.74, 6) is 0. The molecular formula is C15H23BrN2OS. The Hall–Kier alpha value is 0.0600. The van der Waals surface area contributed by atoms with E-state index in [1.165, 1.54) is 27.9 Å². The van der Waals surface area contributed by atoms with Gasteiger partial charge in [0.25, 0.3) is 0 Å². The summed E-state index contributed by atoms with van der Waals surface area (Å²) < 4.78 is 7.14. The number of ether oxygens (including phenoxy) is 1. The van der Waals surface area contributed by atoms with Crippen LogP contribution in [0.25, 0.3) is 0 Å².